The van der Waals surface area contributed by atoms with Crippen LogP contribution >= 0.6 is 0 Å². The molecule has 0 aliphatic heterocycles. The molecule has 1 aromatic rings. The number of rotatable bonds is 3. The van der Waals surface area contributed by atoms with Gasteiger partial charge >= 0.3 is 0 Å². The topological polar surface area (TPSA) is 66.6 Å². The molecule has 4 heteroatoms. The van der Waals surface area contributed by atoms with Crippen LogP contribution in [0.2, 0.25) is 0 Å². The first-order chi connectivity index (χ1) is 6.70. The number of hydrogen-bond donors (Lipinski definition) is 2. The second-order valence-corrected chi connectivity index (χ2v) is 2.94. The van der Waals surface area contributed by atoms with Gasteiger partial charge in [0.25, 0.3) is 5.91 Å². The molecule has 0 aromatic heterocycles. The fourth-order valence-electron chi connectivity index (χ4n) is 1.25. The third-order valence-corrected chi connectivity index (χ3v) is 2.08. The summed E-state index contributed by atoms with van der Waals surface area (Å²) in [5.74, 6) is -0.342. The standard InChI is InChI=1S/C10H14N2O2/c1-12(10(14)7-13)9-5-3-2-4-8(9)6-11/h2-5,13H,6-7,11H2,1H3. The zero-order valence-corrected chi connectivity index (χ0v) is 8.10. The smallest absolute Gasteiger partial charge is 0.252 e. The summed E-state index contributed by atoms with van der Waals surface area (Å²) in [6, 6.07) is 7.35. The summed E-state index contributed by atoms with van der Waals surface area (Å²) in [5, 5.41) is 8.71. The lowest BCUT2D eigenvalue weighted by atomic mass is 10.1. The van der Waals surface area contributed by atoms with Crippen LogP contribution in [0.5, 0.6) is 0 Å². The van der Waals surface area contributed by atoms with E-state index in [0.717, 1.165) is 11.3 Å². The molecule has 4 nitrogen and oxygen atoms in total. The molecule has 0 atom stereocenters. The van der Waals surface area contributed by atoms with Gasteiger partial charge in [0.05, 0.1) is 0 Å². The summed E-state index contributed by atoms with van der Waals surface area (Å²) in [4.78, 5) is 12.6. The molecule has 0 bridgehead atoms. The Kier molecular flexibility index (Phi) is 3.62. The highest BCUT2D eigenvalue weighted by molar-refractivity contribution is 5.94. The van der Waals surface area contributed by atoms with E-state index in [2.05, 4.69) is 0 Å². The van der Waals surface area contributed by atoms with Gasteiger partial charge in [0.1, 0.15) is 6.61 Å². The van der Waals surface area contributed by atoms with E-state index in [-0.39, 0.29) is 5.91 Å². The maximum Gasteiger partial charge on any atom is 0.252 e. The summed E-state index contributed by atoms with van der Waals surface area (Å²) in [7, 11) is 1.62. The van der Waals surface area contributed by atoms with Gasteiger partial charge in [-0.15, -0.1) is 0 Å². The second-order valence-electron chi connectivity index (χ2n) is 2.94. The predicted octanol–water partition coefficient (Wildman–Crippen LogP) is 0.100. The van der Waals surface area contributed by atoms with Crippen LogP contribution in [0.3, 0.4) is 0 Å². The van der Waals surface area contributed by atoms with Gasteiger partial charge in [0.15, 0.2) is 0 Å². The van der Waals surface area contributed by atoms with E-state index in [1.165, 1.54) is 4.90 Å². The number of nitrogens with zero attached hydrogens (tertiary/aromatic N) is 1. The molecule has 0 saturated carbocycles. The van der Waals surface area contributed by atoms with Crippen LogP contribution < -0.4 is 10.6 Å². The molecule has 1 aromatic carbocycles. The Morgan fingerprint density at radius 1 is 1.50 bits per heavy atom. The lowest BCUT2D eigenvalue weighted by Crippen LogP contribution is -2.30. The third-order valence-electron chi connectivity index (χ3n) is 2.08. The summed E-state index contributed by atoms with van der Waals surface area (Å²) < 4.78 is 0. The van der Waals surface area contributed by atoms with Crippen molar-refractivity contribution in [2.45, 2.75) is 6.54 Å². The number of hydrogen-bond acceptors (Lipinski definition) is 3. The zero-order valence-electron chi connectivity index (χ0n) is 8.10. The predicted molar refractivity (Wildman–Crippen MR) is 54.8 cm³/mol. The van der Waals surface area contributed by atoms with E-state index in [9.17, 15) is 4.79 Å². The van der Waals surface area contributed by atoms with Crippen LogP contribution in [-0.4, -0.2) is 24.7 Å². The molecule has 14 heavy (non-hydrogen) atoms. The van der Waals surface area contributed by atoms with Gasteiger partial charge in [-0.1, -0.05) is 18.2 Å². The van der Waals surface area contributed by atoms with Gasteiger partial charge in [-0.25, -0.2) is 0 Å². The highest BCUT2D eigenvalue weighted by Crippen LogP contribution is 2.18. The molecule has 0 aliphatic rings. The van der Waals surface area contributed by atoms with Crippen molar-refractivity contribution in [3.8, 4) is 0 Å². The van der Waals surface area contributed by atoms with E-state index < -0.39 is 6.61 Å². The van der Waals surface area contributed by atoms with Crippen LogP contribution in [-0.2, 0) is 11.3 Å². The minimum Gasteiger partial charge on any atom is -0.387 e. The average Bonchev–Trinajstić information content (AvgIpc) is 2.26. The second kappa shape index (κ2) is 4.74. The quantitative estimate of drug-likeness (QED) is 0.717. The molecular formula is C10H14N2O2. The number of carbonyl (C=O) groups excluding carboxylic acids is 1. The van der Waals surface area contributed by atoms with E-state index in [1.807, 2.05) is 18.2 Å². The first-order valence-electron chi connectivity index (χ1n) is 4.36. The number of para-hydroxylation sites is 1. The van der Waals surface area contributed by atoms with Gasteiger partial charge in [-0.3, -0.25) is 4.79 Å². The first-order valence-corrected chi connectivity index (χ1v) is 4.36. The fraction of sp³-hybridized carbons (Fsp3) is 0.300. The average molecular weight is 194 g/mol. The van der Waals surface area contributed by atoms with Crippen molar-refractivity contribution in [1.82, 2.24) is 0 Å². The Morgan fingerprint density at radius 2 is 2.14 bits per heavy atom. The van der Waals surface area contributed by atoms with Gasteiger partial charge in [0, 0.05) is 19.3 Å². The first kappa shape index (κ1) is 10.7. The van der Waals surface area contributed by atoms with Crippen LogP contribution in [0.15, 0.2) is 24.3 Å². The number of carbonyl (C=O) groups is 1. The molecule has 0 saturated heterocycles. The summed E-state index contributed by atoms with van der Waals surface area (Å²) in [6.45, 7) is -0.116. The highest BCUT2D eigenvalue weighted by atomic mass is 16.3. The molecule has 0 spiro atoms. The Morgan fingerprint density at radius 3 is 2.71 bits per heavy atom. The molecule has 0 unspecified atom stereocenters. The molecule has 0 heterocycles. The fourth-order valence-corrected chi connectivity index (χ4v) is 1.25. The number of anilines is 1. The van der Waals surface area contributed by atoms with Crippen molar-refractivity contribution in [2.75, 3.05) is 18.6 Å². The number of benzene rings is 1. The molecule has 0 fully saturated rings. The Bertz CT molecular complexity index is 326. The Balaban J connectivity index is 2.99. The van der Waals surface area contributed by atoms with Crippen molar-refractivity contribution < 1.29 is 9.90 Å². The van der Waals surface area contributed by atoms with E-state index in [1.54, 1.807) is 13.1 Å². The number of likely N-dealkylation sites (N-methyl/N-ethyl adjacent to an activating group) is 1. The van der Waals surface area contributed by atoms with Gasteiger partial charge in [-0.05, 0) is 11.6 Å². The van der Waals surface area contributed by atoms with Crippen molar-refractivity contribution in [3.63, 3.8) is 0 Å². The minimum atomic E-state index is -0.491. The normalized spacial score (nSPS) is 9.93. The van der Waals surface area contributed by atoms with Crippen molar-refractivity contribution in [3.05, 3.63) is 29.8 Å². The number of amides is 1. The van der Waals surface area contributed by atoms with Crippen LogP contribution in [0.25, 0.3) is 0 Å². The zero-order chi connectivity index (χ0) is 10.6. The maximum absolute atomic E-state index is 11.2. The van der Waals surface area contributed by atoms with Crippen molar-refractivity contribution in [1.29, 1.82) is 0 Å². The monoisotopic (exact) mass is 194 g/mol. The van der Waals surface area contributed by atoms with E-state index >= 15 is 0 Å². The molecule has 1 rings (SSSR count). The van der Waals surface area contributed by atoms with Gasteiger partial charge in [-0.2, -0.15) is 0 Å². The molecule has 3 N–H and O–H groups in total. The third kappa shape index (κ3) is 2.10. The van der Waals surface area contributed by atoms with Crippen LogP contribution in [0.1, 0.15) is 5.56 Å². The maximum atomic E-state index is 11.2. The Hall–Kier alpha value is -1.39. The lowest BCUT2D eigenvalue weighted by Gasteiger charge is -2.18. The van der Waals surface area contributed by atoms with Gasteiger partial charge < -0.3 is 15.7 Å². The lowest BCUT2D eigenvalue weighted by molar-refractivity contribution is -0.120. The molecule has 76 valence electrons. The van der Waals surface area contributed by atoms with Crippen molar-refractivity contribution in [2.24, 2.45) is 5.73 Å². The summed E-state index contributed by atoms with van der Waals surface area (Å²) in [6.07, 6.45) is 0. The SMILES string of the molecule is CN(C(=O)CO)c1ccccc1CN. The van der Waals surface area contributed by atoms with Crippen LogP contribution in [0.4, 0.5) is 5.69 Å². The van der Waals surface area contributed by atoms with Crippen LogP contribution in [0, 0.1) is 0 Å². The largest absolute Gasteiger partial charge is 0.387 e. The van der Waals surface area contributed by atoms with E-state index in [4.69, 9.17) is 10.8 Å². The Labute approximate surface area is 82.9 Å². The number of aliphatic hydroxyl groups is 1. The molecule has 0 radical (unpaired) electrons. The van der Waals surface area contributed by atoms with Crippen molar-refractivity contribution >= 4 is 11.6 Å². The molecular weight excluding hydrogens is 180 g/mol. The molecule has 1 amide bonds. The number of nitrogens with two attached hydrogens (primary N) is 1. The minimum absolute atomic E-state index is 0.342. The number of aliphatic hydroxyl groups excluding tert-OH is 1. The summed E-state index contributed by atoms with van der Waals surface area (Å²) in [5.41, 5.74) is 7.16. The molecule has 0 aliphatic carbocycles. The highest BCUT2D eigenvalue weighted by Gasteiger charge is 2.11. The summed E-state index contributed by atoms with van der Waals surface area (Å²) >= 11 is 0. The van der Waals surface area contributed by atoms with Gasteiger partial charge in [0.2, 0.25) is 0 Å². The van der Waals surface area contributed by atoms with E-state index in [0.29, 0.717) is 6.54 Å².